The number of carbonyl (C=O) groups is 1. The van der Waals surface area contributed by atoms with Gasteiger partial charge in [-0.3, -0.25) is 9.78 Å². The van der Waals surface area contributed by atoms with Gasteiger partial charge in [-0.1, -0.05) is 0 Å². The fourth-order valence-corrected chi connectivity index (χ4v) is 4.18. The maximum Gasteiger partial charge on any atom is 0.416 e. The van der Waals surface area contributed by atoms with Crippen LogP contribution in [0.4, 0.5) is 22.0 Å². The van der Waals surface area contributed by atoms with Gasteiger partial charge in [-0.25, -0.2) is 18.7 Å². The summed E-state index contributed by atoms with van der Waals surface area (Å²) in [4.78, 5) is 27.8. The van der Waals surface area contributed by atoms with Gasteiger partial charge in [-0.15, -0.1) is 0 Å². The highest BCUT2D eigenvalue weighted by Crippen LogP contribution is 2.31. The molecule has 5 aromatic rings. The summed E-state index contributed by atoms with van der Waals surface area (Å²) in [6, 6.07) is 10.4. The number of Topliss-reactive ketones (excluding diaryl/α,β-unsaturated/α-hetero) is 1. The fourth-order valence-electron chi connectivity index (χ4n) is 4.18. The Morgan fingerprint density at radius 2 is 1.69 bits per heavy atom. The van der Waals surface area contributed by atoms with E-state index in [-0.39, 0.29) is 16.8 Å². The van der Waals surface area contributed by atoms with Gasteiger partial charge in [0.2, 0.25) is 5.88 Å². The van der Waals surface area contributed by atoms with E-state index in [0.717, 1.165) is 41.7 Å². The molecule has 0 fully saturated rings. The molecule has 1 aromatic carbocycles. The van der Waals surface area contributed by atoms with Crippen LogP contribution in [0.3, 0.4) is 0 Å². The number of fused-ring (bicyclic) bond motifs is 1. The molecule has 0 spiro atoms. The second-order valence-electron chi connectivity index (χ2n) is 8.78. The Morgan fingerprint density at radius 1 is 0.897 bits per heavy atom. The quantitative estimate of drug-likeness (QED) is 0.245. The third-order valence-electron chi connectivity index (χ3n) is 6.08. The minimum Gasteiger partial charge on any atom is -0.481 e. The van der Waals surface area contributed by atoms with E-state index in [0.29, 0.717) is 22.5 Å². The van der Waals surface area contributed by atoms with E-state index >= 15 is 4.39 Å². The zero-order chi connectivity index (χ0) is 27.7. The van der Waals surface area contributed by atoms with Crippen molar-refractivity contribution in [3.05, 3.63) is 95.6 Å². The number of nitrogens with one attached hydrogen (secondary N) is 1. The molecule has 0 unspecified atom stereocenters. The molecule has 6 nitrogen and oxygen atoms in total. The van der Waals surface area contributed by atoms with Gasteiger partial charge >= 0.3 is 6.18 Å². The molecule has 4 heterocycles. The summed E-state index contributed by atoms with van der Waals surface area (Å²) in [5.41, 5.74) is 1.08. The minimum absolute atomic E-state index is 0.0500. The van der Waals surface area contributed by atoms with Crippen LogP contribution in [-0.4, -0.2) is 32.8 Å². The Bertz CT molecular complexity index is 1700. The van der Waals surface area contributed by atoms with Gasteiger partial charge in [0.05, 0.1) is 12.7 Å². The van der Waals surface area contributed by atoms with Crippen molar-refractivity contribution in [2.45, 2.75) is 19.0 Å². The van der Waals surface area contributed by atoms with E-state index in [1.807, 2.05) is 6.07 Å². The number of alkyl halides is 3. The molecule has 39 heavy (non-hydrogen) atoms. The van der Waals surface area contributed by atoms with Gasteiger partial charge in [-0.2, -0.15) is 13.2 Å². The Labute approximate surface area is 218 Å². The molecule has 1 N–H and O–H groups in total. The summed E-state index contributed by atoms with van der Waals surface area (Å²) in [6.45, 7) is 0. The van der Waals surface area contributed by atoms with Crippen molar-refractivity contribution in [1.82, 2.24) is 19.9 Å². The molecule has 198 valence electrons. The van der Waals surface area contributed by atoms with E-state index in [1.54, 1.807) is 24.4 Å². The SMILES string of the molecule is COc1cc(-c2cc3cc(-c4cc(F)c(CC(=O)Cc5cc(C(F)(F)F)ccn5)cc4F)cnc3[nH]2)ccn1. The Balaban J connectivity index is 1.37. The first-order valence-electron chi connectivity index (χ1n) is 11.6. The van der Waals surface area contributed by atoms with Crippen molar-refractivity contribution in [1.29, 1.82) is 0 Å². The summed E-state index contributed by atoms with van der Waals surface area (Å²) in [7, 11) is 1.51. The zero-order valence-electron chi connectivity index (χ0n) is 20.3. The number of pyridine rings is 3. The first kappa shape index (κ1) is 26.0. The van der Waals surface area contributed by atoms with Crippen molar-refractivity contribution in [2.24, 2.45) is 0 Å². The van der Waals surface area contributed by atoms with E-state index in [1.165, 1.54) is 13.3 Å². The number of methoxy groups -OCH3 is 1. The highest BCUT2D eigenvalue weighted by Gasteiger charge is 2.30. The average molecular weight is 538 g/mol. The summed E-state index contributed by atoms with van der Waals surface area (Å²) in [6.07, 6.45) is -1.59. The molecule has 0 radical (unpaired) electrons. The molecule has 0 aliphatic heterocycles. The van der Waals surface area contributed by atoms with Crippen molar-refractivity contribution >= 4 is 16.8 Å². The summed E-state index contributed by atoms with van der Waals surface area (Å²) >= 11 is 0. The van der Waals surface area contributed by atoms with Crippen LogP contribution in [0.15, 0.2) is 67.1 Å². The van der Waals surface area contributed by atoms with Crippen LogP contribution in [0, 0.1) is 11.6 Å². The molecular weight excluding hydrogens is 519 g/mol. The lowest BCUT2D eigenvalue weighted by Crippen LogP contribution is -2.12. The number of halogens is 5. The maximum absolute atomic E-state index is 15.1. The molecule has 5 rings (SSSR count). The first-order chi connectivity index (χ1) is 18.6. The monoisotopic (exact) mass is 538 g/mol. The van der Waals surface area contributed by atoms with E-state index in [4.69, 9.17) is 4.74 Å². The molecule has 0 saturated heterocycles. The third-order valence-corrected chi connectivity index (χ3v) is 6.08. The molecule has 11 heteroatoms. The highest BCUT2D eigenvalue weighted by molar-refractivity contribution is 5.87. The van der Waals surface area contributed by atoms with Crippen LogP contribution in [0.25, 0.3) is 33.4 Å². The van der Waals surface area contributed by atoms with Crippen LogP contribution in [0.5, 0.6) is 5.88 Å². The lowest BCUT2D eigenvalue weighted by atomic mass is 9.99. The van der Waals surface area contributed by atoms with E-state index in [2.05, 4.69) is 19.9 Å². The van der Waals surface area contributed by atoms with Gasteiger partial charge in [-0.05, 0) is 48.0 Å². The van der Waals surface area contributed by atoms with Gasteiger partial charge in [0.1, 0.15) is 23.1 Å². The second-order valence-corrected chi connectivity index (χ2v) is 8.78. The number of benzene rings is 1. The number of ketones is 1. The molecule has 4 aromatic heterocycles. The maximum atomic E-state index is 15.1. The first-order valence-corrected chi connectivity index (χ1v) is 11.6. The van der Waals surface area contributed by atoms with Crippen molar-refractivity contribution in [3.63, 3.8) is 0 Å². The van der Waals surface area contributed by atoms with Crippen molar-refractivity contribution in [3.8, 4) is 28.3 Å². The van der Waals surface area contributed by atoms with Crippen molar-refractivity contribution in [2.75, 3.05) is 7.11 Å². The van der Waals surface area contributed by atoms with E-state index < -0.39 is 42.0 Å². The Kier molecular flexibility index (Phi) is 6.81. The summed E-state index contributed by atoms with van der Waals surface area (Å²) < 4.78 is 73.8. The number of carbonyl (C=O) groups excluding carboxylic acids is 1. The predicted octanol–water partition coefficient (Wildman–Crippen LogP) is 6.35. The number of ether oxygens (including phenoxy) is 1. The van der Waals surface area contributed by atoms with Crippen molar-refractivity contribution < 1.29 is 31.5 Å². The standard InChI is InChI=1S/C28H19F5N4O2/c1-39-26-10-15(2-4-35-26)25-9-17-6-18(14-36-27(17)37-25)22-13-23(29)16(8-24(22)30)7-21(38)12-20-11-19(3-5-34-20)28(31,32)33/h2-6,8-11,13-14H,7,12H2,1H3,(H,36,37). The summed E-state index contributed by atoms with van der Waals surface area (Å²) in [5.74, 6) is -1.77. The lowest BCUT2D eigenvalue weighted by molar-refractivity contribution is -0.137. The predicted molar refractivity (Wildman–Crippen MR) is 133 cm³/mol. The molecule has 0 saturated carbocycles. The number of aromatic nitrogens is 4. The smallest absolute Gasteiger partial charge is 0.416 e. The van der Waals surface area contributed by atoms with Gasteiger partial charge in [0, 0.05) is 71.0 Å². The number of rotatable bonds is 7. The number of H-pyrrole nitrogens is 1. The molecular formula is C28H19F5N4O2. The molecule has 0 aliphatic carbocycles. The molecule has 0 amide bonds. The number of nitrogens with zero attached hydrogens (tertiary/aromatic N) is 3. The molecule has 0 aliphatic rings. The zero-order valence-corrected chi connectivity index (χ0v) is 20.3. The number of hydrogen-bond donors (Lipinski definition) is 1. The van der Waals surface area contributed by atoms with Gasteiger partial charge < -0.3 is 9.72 Å². The largest absolute Gasteiger partial charge is 0.481 e. The Hall–Kier alpha value is -4.67. The van der Waals surface area contributed by atoms with Crippen LogP contribution in [0.2, 0.25) is 0 Å². The summed E-state index contributed by atoms with van der Waals surface area (Å²) in [5, 5.41) is 0.658. The van der Waals surface area contributed by atoms with Gasteiger partial charge in [0.25, 0.3) is 0 Å². The third kappa shape index (κ3) is 5.62. The van der Waals surface area contributed by atoms with Crippen LogP contribution in [0.1, 0.15) is 16.8 Å². The molecule has 0 bridgehead atoms. The van der Waals surface area contributed by atoms with Crippen LogP contribution >= 0.6 is 0 Å². The lowest BCUT2D eigenvalue weighted by Gasteiger charge is -2.09. The Morgan fingerprint density at radius 3 is 2.46 bits per heavy atom. The normalized spacial score (nSPS) is 11.6. The highest BCUT2D eigenvalue weighted by atomic mass is 19.4. The van der Waals surface area contributed by atoms with E-state index in [9.17, 15) is 22.4 Å². The van der Waals surface area contributed by atoms with Crippen LogP contribution < -0.4 is 4.74 Å². The number of aromatic amines is 1. The topological polar surface area (TPSA) is 80.8 Å². The second kappa shape index (κ2) is 10.2. The minimum atomic E-state index is -4.59. The van der Waals surface area contributed by atoms with Crippen LogP contribution in [-0.2, 0) is 23.8 Å². The number of hydrogen-bond acceptors (Lipinski definition) is 5. The van der Waals surface area contributed by atoms with Gasteiger partial charge in [0.15, 0.2) is 0 Å². The molecule has 0 atom stereocenters. The average Bonchev–Trinajstić information content (AvgIpc) is 3.34. The fraction of sp³-hybridized carbons (Fsp3) is 0.143.